The van der Waals surface area contributed by atoms with Gasteiger partial charge in [0, 0.05) is 0 Å². The van der Waals surface area contributed by atoms with Crippen LogP contribution in [0.5, 0.6) is 0 Å². The summed E-state index contributed by atoms with van der Waals surface area (Å²) >= 11 is 0. The van der Waals surface area contributed by atoms with Crippen LogP contribution in [0.1, 0.15) is 62.8 Å². The molecule has 0 saturated heterocycles. The number of carbonyl (C=O) groups excluding carboxylic acids is 4. The van der Waals surface area contributed by atoms with Crippen molar-refractivity contribution >= 4 is 35.6 Å². The maximum Gasteiger partial charge on any atom is 0.304 e. The van der Waals surface area contributed by atoms with Gasteiger partial charge in [-0.15, -0.1) is 0 Å². The molecule has 0 unspecified atom stereocenters. The first kappa shape index (κ1) is 50.3. The number of benzene rings is 4. The zero-order valence-corrected chi connectivity index (χ0v) is 36.8. The van der Waals surface area contributed by atoms with Crippen molar-refractivity contribution < 1.29 is 49.2 Å². The van der Waals surface area contributed by atoms with Crippen LogP contribution >= 0.6 is 0 Å². The first-order valence-electron chi connectivity index (χ1n) is 21.7. The highest BCUT2D eigenvalue weighted by molar-refractivity contribution is 5.91. The number of hydrogen-bond acceptors (Lipinski definition) is 8. The van der Waals surface area contributed by atoms with Gasteiger partial charge < -0.3 is 41.7 Å². The molecule has 0 fully saturated rings. The maximum absolute atomic E-state index is 14.2. The smallest absolute Gasteiger partial charge is 0.304 e. The van der Waals surface area contributed by atoms with Gasteiger partial charge in [0.05, 0.1) is 36.8 Å². The Morgan fingerprint density at radius 1 is 0.406 bits per heavy atom. The van der Waals surface area contributed by atoms with E-state index in [4.69, 9.17) is 0 Å². The minimum absolute atomic E-state index is 0.0300. The molecule has 0 heterocycles. The highest BCUT2D eigenvalue weighted by Gasteiger charge is 2.38. The summed E-state index contributed by atoms with van der Waals surface area (Å²) < 4.78 is 0. The summed E-state index contributed by atoms with van der Waals surface area (Å²) in [7, 11) is 0. The predicted molar refractivity (Wildman–Crippen MR) is 241 cm³/mol. The first-order valence-corrected chi connectivity index (χ1v) is 21.7. The highest BCUT2D eigenvalue weighted by Crippen LogP contribution is 2.20. The maximum atomic E-state index is 14.2. The fourth-order valence-corrected chi connectivity index (χ4v) is 7.62. The van der Waals surface area contributed by atoms with Crippen LogP contribution in [0, 0.1) is 23.7 Å². The number of aliphatic hydroxyl groups excluding tert-OH is 2. The van der Waals surface area contributed by atoms with E-state index in [1.54, 1.807) is 149 Å². The molecular weight excluding hydrogens is 817 g/mol. The van der Waals surface area contributed by atoms with E-state index in [9.17, 15) is 49.2 Å². The lowest BCUT2D eigenvalue weighted by Gasteiger charge is -2.35. The van der Waals surface area contributed by atoms with E-state index in [-0.39, 0.29) is 25.7 Å². The van der Waals surface area contributed by atoms with Gasteiger partial charge in [-0.3, -0.25) is 28.8 Å². The van der Waals surface area contributed by atoms with Crippen molar-refractivity contribution in [1.29, 1.82) is 0 Å². The van der Waals surface area contributed by atoms with Crippen LogP contribution < -0.4 is 21.3 Å². The van der Waals surface area contributed by atoms with Crippen LogP contribution in [0.2, 0.25) is 0 Å². The average Bonchev–Trinajstić information content (AvgIpc) is 3.26. The lowest BCUT2D eigenvalue weighted by atomic mass is 9.90. The Hall–Kier alpha value is -6.38. The van der Waals surface area contributed by atoms with Crippen molar-refractivity contribution in [3.63, 3.8) is 0 Å². The minimum atomic E-state index is -1.71. The van der Waals surface area contributed by atoms with Crippen LogP contribution in [0.15, 0.2) is 121 Å². The van der Waals surface area contributed by atoms with Gasteiger partial charge in [-0.05, 0) is 59.8 Å². The standard InChI is InChI=1S/C50H62N4O10/c1-31(2)43(53-47(61)37(29-41(55)56)25-33-17-9-5-10-18-33)49(63)51-39(27-35-21-13-7-14-22-35)45(59)46(60)40(28-36-23-15-8-16-24-36)52-50(64)44(32(3)4)54-48(62)38(30-42(57)58)26-34-19-11-6-12-20-34/h5-24,31-32,37-40,43-46,59-60H,25-30H2,1-4H3,(H,51,63)(H,52,64)(H,53,61)(H,54,62)(H,55,56)(H,57,58)/t37-,38-,39+,40+,43+,44+,45-,46-/m1/s1. The first-order chi connectivity index (χ1) is 30.5. The molecule has 14 nitrogen and oxygen atoms in total. The van der Waals surface area contributed by atoms with Gasteiger partial charge in [0.1, 0.15) is 24.3 Å². The normalized spacial score (nSPS) is 15.1. The van der Waals surface area contributed by atoms with Gasteiger partial charge in [0.15, 0.2) is 0 Å². The van der Waals surface area contributed by atoms with Crippen LogP contribution in [0.4, 0.5) is 0 Å². The SMILES string of the molecule is CC(C)[C@H](NC(=O)[C@@H](CC(=O)O)Cc1ccccc1)C(=O)N[C@@H](Cc1ccccc1)[C@@H](O)[C@H](O)[C@H](Cc1ccccc1)NC(=O)[C@@H](NC(=O)[C@@H](CC(=O)O)Cc1ccccc1)C(C)C. The van der Waals surface area contributed by atoms with Gasteiger partial charge in [-0.1, -0.05) is 149 Å². The lowest BCUT2D eigenvalue weighted by molar-refractivity contribution is -0.142. The second-order valence-electron chi connectivity index (χ2n) is 17.0. The van der Waals surface area contributed by atoms with Gasteiger partial charge in [-0.2, -0.15) is 0 Å². The zero-order chi connectivity index (χ0) is 46.8. The average molecular weight is 879 g/mol. The van der Waals surface area contributed by atoms with E-state index in [1.165, 1.54) is 0 Å². The minimum Gasteiger partial charge on any atom is -0.481 e. The Bertz CT molecular complexity index is 1950. The molecule has 342 valence electrons. The third-order valence-electron chi connectivity index (χ3n) is 11.2. The summed E-state index contributed by atoms with van der Waals surface area (Å²) in [6.07, 6.45) is -4.05. The molecular formula is C50H62N4O10. The number of nitrogens with one attached hydrogen (secondary N) is 4. The second-order valence-corrected chi connectivity index (χ2v) is 17.0. The Balaban J connectivity index is 1.61. The molecule has 4 amide bonds. The summed E-state index contributed by atoms with van der Waals surface area (Å²) in [5.74, 6) is -7.92. The number of amides is 4. The van der Waals surface area contributed by atoms with Gasteiger partial charge >= 0.3 is 11.9 Å². The molecule has 0 saturated carbocycles. The summed E-state index contributed by atoms with van der Waals surface area (Å²) in [6.45, 7) is 6.86. The molecule has 0 spiro atoms. The molecule has 0 bridgehead atoms. The fourth-order valence-electron chi connectivity index (χ4n) is 7.62. The number of aliphatic hydroxyl groups is 2. The van der Waals surface area contributed by atoms with Gasteiger partial charge in [-0.25, -0.2) is 0 Å². The van der Waals surface area contributed by atoms with E-state index < -0.39 is 108 Å². The predicted octanol–water partition coefficient (Wildman–Crippen LogP) is 4.11. The number of carbonyl (C=O) groups is 6. The van der Waals surface area contributed by atoms with Gasteiger partial charge in [0.25, 0.3) is 0 Å². The van der Waals surface area contributed by atoms with Gasteiger partial charge in [0.2, 0.25) is 23.6 Å². The number of hydrogen-bond donors (Lipinski definition) is 8. The fraction of sp³-hybridized carbons (Fsp3) is 0.400. The highest BCUT2D eigenvalue weighted by atomic mass is 16.4. The molecule has 0 aromatic heterocycles. The quantitative estimate of drug-likeness (QED) is 0.0475. The van der Waals surface area contributed by atoms with E-state index >= 15 is 0 Å². The van der Waals surface area contributed by atoms with Crippen molar-refractivity contribution in [3.8, 4) is 0 Å². The monoisotopic (exact) mass is 878 g/mol. The van der Waals surface area contributed by atoms with Crippen molar-refractivity contribution in [2.75, 3.05) is 0 Å². The molecule has 64 heavy (non-hydrogen) atoms. The zero-order valence-electron chi connectivity index (χ0n) is 36.8. The Morgan fingerprint density at radius 3 is 0.922 bits per heavy atom. The summed E-state index contributed by atoms with van der Waals surface area (Å²) in [5.41, 5.74) is 2.90. The lowest BCUT2D eigenvalue weighted by Crippen LogP contribution is -2.62. The second kappa shape index (κ2) is 25.1. The topological polar surface area (TPSA) is 231 Å². The van der Waals surface area contributed by atoms with Crippen molar-refractivity contribution in [2.24, 2.45) is 23.7 Å². The largest absolute Gasteiger partial charge is 0.481 e. The number of carboxylic acids is 2. The third-order valence-corrected chi connectivity index (χ3v) is 11.2. The molecule has 4 aromatic carbocycles. The van der Waals surface area contributed by atoms with Crippen LogP contribution in [0.3, 0.4) is 0 Å². The Kier molecular flexibility index (Phi) is 19.7. The molecule has 0 aliphatic carbocycles. The molecule has 0 radical (unpaired) electrons. The van der Waals surface area contributed by atoms with Crippen molar-refractivity contribution in [3.05, 3.63) is 144 Å². The number of rotatable bonds is 25. The van der Waals surface area contributed by atoms with E-state index in [0.717, 1.165) is 11.1 Å². The summed E-state index contributed by atoms with van der Waals surface area (Å²) in [6, 6.07) is 31.1. The van der Waals surface area contributed by atoms with Crippen LogP contribution in [-0.2, 0) is 54.5 Å². The van der Waals surface area contributed by atoms with Crippen LogP contribution in [0.25, 0.3) is 0 Å². The molecule has 4 rings (SSSR count). The van der Waals surface area contributed by atoms with Crippen molar-refractivity contribution in [1.82, 2.24) is 21.3 Å². The summed E-state index contributed by atoms with van der Waals surface area (Å²) in [5, 5.41) is 54.7. The molecule has 8 atom stereocenters. The molecule has 8 N–H and O–H groups in total. The Morgan fingerprint density at radius 2 is 0.672 bits per heavy atom. The molecule has 14 heteroatoms. The third kappa shape index (κ3) is 16.1. The molecule has 0 aliphatic rings. The van der Waals surface area contributed by atoms with Crippen LogP contribution in [-0.4, -0.2) is 92.4 Å². The summed E-state index contributed by atoms with van der Waals surface area (Å²) in [4.78, 5) is 79.4. The van der Waals surface area contributed by atoms with Crippen molar-refractivity contribution in [2.45, 2.75) is 103 Å². The Labute approximate surface area is 374 Å². The molecule has 0 aliphatic heterocycles. The van der Waals surface area contributed by atoms with E-state index in [2.05, 4.69) is 21.3 Å². The number of carboxylic acid groups (broad SMARTS) is 2. The van der Waals surface area contributed by atoms with E-state index in [0.29, 0.717) is 11.1 Å². The van der Waals surface area contributed by atoms with E-state index in [1.807, 2.05) is 0 Å². The number of aliphatic carboxylic acids is 2. The molecule has 4 aromatic rings.